The van der Waals surface area contributed by atoms with E-state index in [0.29, 0.717) is 0 Å². The molecule has 66 valence electrons. The van der Waals surface area contributed by atoms with Crippen LogP contribution >= 0.6 is 0 Å². The fourth-order valence-corrected chi connectivity index (χ4v) is 4.82. The van der Waals surface area contributed by atoms with E-state index in [-0.39, 0.29) is 0 Å². The summed E-state index contributed by atoms with van der Waals surface area (Å²) >= 11 is 0. The van der Waals surface area contributed by atoms with Crippen LogP contribution in [0.4, 0.5) is 0 Å². The Balaban J connectivity index is 1.68. The first kappa shape index (κ1) is 6.45. The van der Waals surface area contributed by atoms with Crippen molar-refractivity contribution >= 4 is 0 Å². The number of rotatable bonds is 0. The lowest BCUT2D eigenvalue weighted by Crippen LogP contribution is -2.38. The van der Waals surface area contributed by atoms with E-state index < -0.39 is 0 Å². The molecule has 4 rings (SSSR count). The Morgan fingerprint density at radius 3 is 2.33 bits per heavy atom. The van der Waals surface area contributed by atoms with Crippen LogP contribution in [0.1, 0.15) is 44.9 Å². The molecule has 12 heavy (non-hydrogen) atoms. The van der Waals surface area contributed by atoms with Gasteiger partial charge >= 0.3 is 0 Å². The molecule has 1 spiro atoms. The van der Waals surface area contributed by atoms with Crippen LogP contribution in [0.3, 0.4) is 0 Å². The quantitative estimate of drug-likeness (QED) is 0.513. The highest BCUT2D eigenvalue weighted by molar-refractivity contribution is 5.15. The van der Waals surface area contributed by atoms with Crippen molar-refractivity contribution < 1.29 is 0 Å². The van der Waals surface area contributed by atoms with Gasteiger partial charge in [0.25, 0.3) is 0 Å². The summed E-state index contributed by atoms with van der Waals surface area (Å²) in [5.74, 6) is 4.80. The van der Waals surface area contributed by atoms with Crippen molar-refractivity contribution in [2.45, 2.75) is 44.9 Å². The molecule has 0 bridgehead atoms. The van der Waals surface area contributed by atoms with Crippen LogP contribution in [0.25, 0.3) is 0 Å². The molecular weight excluding hydrogens is 144 g/mol. The maximum Gasteiger partial charge on any atom is -0.0235 e. The van der Waals surface area contributed by atoms with Crippen LogP contribution < -0.4 is 0 Å². The minimum Gasteiger partial charge on any atom is -0.0499 e. The first-order valence-corrected chi connectivity index (χ1v) is 5.88. The van der Waals surface area contributed by atoms with Gasteiger partial charge < -0.3 is 0 Å². The van der Waals surface area contributed by atoms with E-state index in [4.69, 9.17) is 0 Å². The van der Waals surface area contributed by atoms with Gasteiger partial charge in [0.15, 0.2) is 0 Å². The maximum absolute atomic E-state index is 1.66. The van der Waals surface area contributed by atoms with Crippen molar-refractivity contribution in [1.29, 1.82) is 0 Å². The van der Waals surface area contributed by atoms with Crippen molar-refractivity contribution in [3.8, 4) is 0 Å². The van der Waals surface area contributed by atoms with Crippen LogP contribution in [0.2, 0.25) is 0 Å². The molecule has 4 fully saturated rings. The molecule has 0 heterocycles. The van der Waals surface area contributed by atoms with Gasteiger partial charge in [0.2, 0.25) is 0 Å². The molecule has 0 amide bonds. The zero-order chi connectivity index (χ0) is 7.76. The van der Waals surface area contributed by atoms with E-state index in [1.54, 1.807) is 44.9 Å². The Kier molecular flexibility index (Phi) is 0.946. The highest BCUT2D eigenvalue weighted by Gasteiger charge is 2.65. The average Bonchev–Trinajstić information content (AvgIpc) is 2.64. The second-order valence-corrected chi connectivity index (χ2v) is 5.95. The van der Waals surface area contributed by atoms with Gasteiger partial charge in [-0.15, -0.1) is 0 Å². The fraction of sp³-hybridized carbons (Fsp3) is 1.00. The first-order chi connectivity index (χ1) is 5.88. The summed E-state index contributed by atoms with van der Waals surface area (Å²) in [6.07, 6.45) is 11.3. The van der Waals surface area contributed by atoms with Gasteiger partial charge in [0.1, 0.15) is 0 Å². The lowest BCUT2D eigenvalue weighted by molar-refractivity contribution is 0.0288. The normalized spacial score (nSPS) is 66.0. The topological polar surface area (TPSA) is 0 Å². The molecule has 0 heteroatoms. The first-order valence-electron chi connectivity index (χ1n) is 5.88. The Hall–Kier alpha value is 0. The molecule has 5 unspecified atom stereocenters. The van der Waals surface area contributed by atoms with E-state index in [1.807, 2.05) is 0 Å². The summed E-state index contributed by atoms with van der Waals surface area (Å²) in [5, 5.41) is 0. The molecule has 0 N–H and O–H groups in total. The smallest absolute Gasteiger partial charge is 0.0235 e. The third-order valence-corrected chi connectivity index (χ3v) is 5.76. The summed E-state index contributed by atoms with van der Waals surface area (Å²) in [6, 6.07) is 0. The van der Waals surface area contributed by atoms with E-state index in [2.05, 4.69) is 0 Å². The third-order valence-electron chi connectivity index (χ3n) is 5.76. The van der Waals surface area contributed by atoms with E-state index in [0.717, 1.165) is 5.41 Å². The molecule has 0 aliphatic heterocycles. The average molecular weight is 162 g/mol. The monoisotopic (exact) mass is 162 g/mol. The van der Waals surface area contributed by atoms with Gasteiger partial charge in [-0.2, -0.15) is 0 Å². The summed E-state index contributed by atoms with van der Waals surface area (Å²) in [5.41, 5.74) is 0.960. The van der Waals surface area contributed by atoms with Gasteiger partial charge in [0.05, 0.1) is 0 Å². The van der Waals surface area contributed by atoms with Crippen LogP contribution in [0.15, 0.2) is 0 Å². The van der Waals surface area contributed by atoms with Crippen LogP contribution in [-0.4, -0.2) is 0 Å². The third kappa shape index (κ3) is 0.561. The summed E-state index contributed by atoms with van der Waals surface area (Å²) in [4.78, 5) is 0. The molecule has 4 aliphatic rings. The second-order valence-electron chi connectivity index (χ2n) is 5.95. The van der Waals surface area contributed by atoms with Crippen molar-refractivity contribution in [2.24, 2.45) is 29.1 Å². The predicted octanol–water partition coefficient (Wildman–Crippen LogP) is 3.22. The summed E-state index contributed by atoms with van der Waals surface area (Å²) < 4.78 is 0. The minimum atomic E-state index is 0.960. The highest BCUT2D eigenvalue weighted by Crippen LogP contribution is 2.74. The molecule has 4 aliphatic carbocycles. The zero-order valence-corrected chi connectivity index (χ0v) is 7.76. The van der Waals surface area contributed by atoms with E-state index >= 15 is 0 Å². The maximum atomic E-state index is 1.66. The van der Waals surface area contributed by atoms with Crippen molar-refractivity contribution in [3.05, 3.63) is 0 Å². The summed E-state index contributed by atoms with van der Waals surface area (Å²) in [7, 11) is 0. The molecule has 0 aromatic heterocycles. The van der Waals surface area contributed by atoms with Gasteiger partial charge in [-0.05, 0) is 74.0 Å². The number of hydrogen-bond donors (Lipinski definition) is 0. The van der Waals surface area contributed by atoms with Gasteiger partial charge in [0, 0.05) is 0 Å². The Morgan fingerprint density at radius 2 is 1.58 bits per heavy atom. The van der Waals surface area contributed by atoms with Gasteiger partial charge in [-0.1, -0.05) is 0 Å². The Morgan fingerprint density at radius 1 is 0.750 bits per heavy atom. The SMILES string of the molecule is C1CC2CC34CC3CCC4CC12. The number of fused-ring (bicyclic) bond motifs is 1. The van der Waals surface area contributed by atoms with E-state index in [9.17, 15) is 0 Å². The lowest BCUT2D eigenvalue weighted by Gasteiger charge is -2.47. The molecule has 0 aromatic rings. The molecule has 4 saturated carbocycles. The van der Waals surface area contributed by atoms with Crippen molar-refractivity contribution in [2.75, 3.05) is 0 Å². The molecular formula is C12H18. The second kappa shape index (κ2) is 1.76. The summed E-state index contributed by atoms with van der Waals surface area (Å²) in [6.45, 7) is 0. The van der Waals surface area contributed by atoms with Crippen LogP contribution in [0.5, 0.6) is 0 Å². The Bertz CT molecular complexity index is 232. The molecule has 0 radical (unpaired) electrons. The lowest BCUT2D eigenvalue weighted by atomic mass is 9.58. The largest absolute Gasteiger partial charge is 0.0499 e. The Labute approximate surface area is 74.7 Å². The fourth-order valence-electron chi connectivity index (χ4n) is 4.82. The molecule has 5 atom stereocenters. The number of hydrogen-bond acceptors (Lipinski definition) is 0. The predicted molar refractivity (Wildman–Crippen MR) is 48.7 cm³/mol. The minimum absolute atomic E-state index is 0.960. The van der Waals surface area contributed by atoms with Crippen LogP contribution in [-0.2, 0) is 0 Å². The van der Waals surface area contributed by atoms with Gasteiger partial charge in [-0.3, -0.25) is 0 Å². The van der Waals surface area contributed by atoms with Gasteiger partial charge in [-0.25, -0.2) is 0 Å². The highest BCUT2D eigenvalue weighted by atomic mass is 14.7. The zero-order valence-electron chi connectivity index (χ0n) is 7.76. The van der Waals surface area contributed by atoms with E-state index in [1.165, 1.54) is 23.7 Å². The molecule has 0 saturated heterocycles. The molecule has 0 aromatic carbocycles. The molecule has 0 nitrogen and oxygen atoms in total. The standard InChI is InChI=1S/C12H18/c1-2-9-6-12-7-11(12)4-3-10(12)5-8(1)9/h8-11H,1-7H2. The van der Waals surface area contributed by atoms with Crippen LogP contribution in [0, 0.1) is 29.1 Å². The van der Waals surface area contributed by atoms with Crippen molar-refractivity contribution in [1.82, 2.24) is 0 Å². The van der Waals surface area contributed by atoms with Crippen molar-refractivity contribution in [3.63, 3.8) is 0 Å².